The van der Waals surface area contributed by atoms with E-state index in [-0.39, 0.29) is 0 Å². The zero-order chi connectivity index (χ0) is 15.0. The third-order valence-electron chi connectivity index (χ3n) is 3.61. The maximum Gasteiger partial charge on any atom is 0.133 e. The van der Waals surface area contributed by atoms with Gasteiger partial charge in [-0.05, 0) is 45.5 Å². The van der Waals surface area contributed by atoms with E-state index >= 15 is 0 Å². The number of nitrogens with one attached hydrogen (secondary N) is 1. The van der Waals surface area contributed by atoms with Crippen LogP contribution in [0, 0.1) is 5.41 Å². The molecule has 2 nitrogen and oxygen atoms in total. The van der Waals surface area contributed by atoms with Gasteiger partial charge in [0.05, 0.1) is 11.6 Å². The molecule has 0 radical (unpaired) electrons. The van der Waals surface area contributed by atoms with Crippen molar-refractivity contribution in [2.24, 2.45) is 5.41 Å². The smallest absolute Gasteiger partial charge is 0.133 e. The first-order valence-electron chi connectivity index (χ1n) is 7.51. The minimum absolute atomic E-state index is 0.374. The second-order valence-corrected chi connectivity index (χ2v) is 7.05. The summed E-state index contributed by atoms with van der Waals surface area (Å²) < 4.78 is 6.26. The van der Waals surface area contributed by atoms with E-state index in [1.54, 1.807) is 7.11 Å². The van der Waals surface area contributed by atoms with E-state index in [0.29, 0.717) is 5.41 Å². The Hall–Kier alpha value is -0.540. The monoisotopic (exact) mass is 341 g/mol. The van der Waals surface area contributed by atoms with Crippen molar-refractivity contribution in [3.63, 3.8) is 0 Å². The summed E-state index contributed by atoms with van der Waals surface area (Å²) in [7, 11) is 1.69. The molecule has 0 aliphatic heterocycles. The van der Waals surface area contributed by atoms with Crippen LogP contribution in [-0.2, 0) is 6.54 Å². The molecule has 0 bridgehead atoms. The molecule has 20 heavy (non-hydrogen) atoms. The highest BCUT2D eigenvalue weighted by molar-refractivity contribution is 9.10. The molecule has 1 aromatic carbocycles. The Morgan fingerprint density at radius 2 is 2.00 bits per heavy atom. The molecule has 0 amide bonds. The van der Waals surface area contributed by atoms with Crippen molar-refractivity contribution >= 4 is 15.9 Å². The fraction of sp³-hybridized carbons (Fsp3) is 0.647. The summed E-state index contributed by atoms with van der Waals surface area (Å²) in [4.78, 5) is 0. The first-order chi connectivity index (χ1) is 9.48. The molecule has 0 saturated heterocycles. The quantitative estimate of drug-likeness (QED) is 0.626. The number of hydrogen-bond donors (Lipinski definition) is 1. The largest absolute Gasteiger partial charge is 0.496 e. The van der Waals surface area contributed by atoms with E-state index in [1.165, 1.54) is 31.2 Å². The highest BCUT2D eigenvalue weighted by Gasteiger charge is 2.16. The minimum atomic E-state index is 0.374. The number of ether oxygens (including phenoxy) is 1. The molecule has 0 aliphatic rings. The molecular formula is C17H28BrNO. The van der Waals surface area contributed by atoms with Gasteiger partial charge < -0.3 is 10.1 Å². The van der Waals surface area contributed by atoms with Gasteiger partial charge in [0, 0.05) is 13.1 Å². The third kappa shape index (κ3) is 6.27. The van der Waals surface area contributed by atoms with Gasteiger partial charge in [-0.2, -0.15) is 0 Å². The van der Waals surface area contributed by atoms with Crippen LogP contribution in [0.15, 0.2) is 22.7 Å². The van der Waals surface area contributed by atoms with Gasteiger partial charge >= 0.3 is 0 Å². The van der Waals surface area contributed by atoms with Crippen LogP contribution in [0.3, 0.4) is 0 Å². The number of halogens is 1. The summed E-state index contributed by atoms with van der Waals surface area (Å²) in [5.74, 6) is 0.883. The average molecular weight is 342 g/mol. The third-order valence-corrected chi connectivity index (χ3v) is 4.23. The molecule has 0 atom stereocenters. The van der Waals surface area contributed by atoms with Crippen LogP contribution < -0.4 is 10.1 Å². The van der Waals surface area contributed by atoms with Crippen molar-refractivity contribution in [3.05, 3.63) is 28.2 Å². The first kappa shape index (κ1) is 17.5. The highest BCUT2D eigenvalue weighted by Crippen LogP contribution is 2.26. The molecule has 0 aromatic heterocycles. The summed E-state index contributed by atoms with van der Waals surface area (Å²) in [6.45, 7) is 8.91. The van der Waals surface area contributed by atoms with Crippen molar-refractivity contribution in [1.29, 1.82) is 0 Å². The maximum absolute atomic E-state index is 5.25. The standard InChI is InChI=1S/C17H28BrNO/c1-5-6-7-10-17(2,3)13-19-12-14-8-9-16(20-4)15(18)11-14/h8-9,11,19H,5-7,10,12-13H2,1-4H3. The molecule has 0 saturated carbocycles. The highest BCUT2D eigenvalue weighted by atomic mass is 79.9. The number of hydrogen-bond acceptors (Lipinski definition) is 2. The van der Waals surface area contributed by atoms with Gasteiger partial charge in [-0.1, -0.05) is 46.1 Å². The Morgan fingerprint density at radius 1 is 1.25 bits per heavy atom. The Balaban J connectivity index is 2.38. The fourth-order valence-corrected chi connectivity index (χ4v) is 2.90. The summed E-state index contributed by atoms with van der Waals surface area (Å²) in [6, 6.07) is 6.24. The zero-order valence-corrected chi connectivity index (χ0v) is 14.8. The predicted octanol–water partition coefficient (Wildman–Crippen LogP) is 5.15. The topological polar surface area (TPSA) is 21.3 Å². The zero-order valence-electron chi connectivity index (χ0n) is 13.3. The average Bonchev–Trinajstić information content (AvgIpc) is 2.39. The Bertz CT molecular complexity index is 404. The molecular weight excluding hydrogens is 314 g/mol. The maximum atomic E-state index is 5.25. The lowest BCUT2D eigenvalue weighted by molar-refractivity contribution is 0.302. The molecule has 0 spiro atoms. The molecule has 0 unspecified atom stereocenters. The summed E-state index contributed by atoms with van der Waals surface area (Å²) in [5.41, 5.74) is 1.65. The van der Waals surface area contributed by atoms with Crippen molar-refractivity contribution < 1.29 is 4.74 Å². The lowest BCUT2D eigenvalue weighted by Crippen LogP contribution is -2.29. The van der Waals surface area contributed by atoms with Crippen LogP contribution in [0.5, 0.6) is 5.75 Å². The van der Waals surface area contributed by atoms with Gasteiger partial charge in [0.2, 0.25) is 0 Å². The van der Waals surface area contributed by atoms with Gasteiger partial charge in [0.15, 0.2) is 0 Å². The van der Waals surface area contributed by atoms with Crippen LogP contribution >= 0.6 is 15.9 Å². The van der Waals surface area contributed by atoms with Crippen molar-refractivity contribution in [2.45, 2.75) is 53.0 Å². The van der Waals surface area contributed by atoms with E-state index < -0.39 is 0 Å². The predicted molar refractivity (Wildman–Crippen MR) is 90.3 cm³/mol. The summed E-state index contributed by atoms with van der Waals surface area (Å²) in [6.07, 6.45) is 5.26. The molecule has 0 fully saturated rings. The lowest BCUT2D eigenvalue weighted by Gasteiger charge is -2.25. The van der Waals surface area contributed by atoms with Crippen molar-refractivity contribution in [2.75, 3.05) is 13.7 Å². The molecule has 1 rings (SSSR count). The second-order valence-electron chi connectivity index (χ2n) is 6.19. The SMILES string of the molecule is CCCCCC(C)(C)CNCc1ccc(OC)c(Br)c1. The molecule has 0 heterocycles. The van der Waals surface area contributed by atoms with E-state index in [1.807, 2.05) is 6.07 Å². The number of benzene rings is 1. The molecule has 1 N–H and O–H groups in total. The number of methoxy groups -OCH3 is 1. The van der Waals surface area contributed by atoms with Crippen LogP contribution in [0.1, 0.15) is 52.0 Å². The first-order valence-corrected chi connectivity index (χ1v) is 8.31. The van der Waals surface area contributed by atoms with E-state index in [9.17, 15) is 0 Å². The van der Waals surface area contributed by atoms with Gasteiger partial charge in [-0.15, -0.1) is 0 Å². The number of unbranched alkanes of at least 4 members (excludes halogenated alkanes) is 2. The molecule has 1 aromatic rings. The fourth-order valence-electron chi connectivity index (χ4n) is 2.31. The van der Waals surface area contributed by atoms with Crippen LogP contribution in [0.4, 0.5) is 0 Å². The molecule has 3 heteroatoms. The normalized spacial score (nSPS) is 11.7. The number of rotatable bonds is 9. The Morgan fingerprint density at radius 3 is 2.60 bits per heavy atom. The van der Waals surface area contributed by atoms with Gasteiger partial charge in [0.25, 0.3) is 0 Å². The van der Waals surface area contributed by atoms with E-state index in [4.69, 9.17) is 4.74 Å². The van der Waals surface area contributed by atoms with Gasteiger partial charge in [-0.25, -0.2) is 0 Å². The van der Waals surface area contributed by atoms with Gasteiger partial charge in [-0.3, -0.25) is 0 Å². The van der Waals surface area contributed by atoms with Crippen molar-refractivity contribution in [1.82, 2.24) is 5.32 Å². The Kier molecular flexibility index (Phi) is 7.60. The summed E-state index contributed by atoms with van der Waals surface area (Å²) in [5, 5.41) is 3.57. The minimum Gasteiger partial charge on any atom is -0.496 e. The summed E-state index contributed by atoms with van der Waals surface area (Å²) >= 11 is 3.53. The van der Waals surface area contributed by atoms with Crippen LogP contribution in [-0.4, -0.2) is 13.7 Å². The van der Waals surface area contributed by atoms with E-state index in [0.717, 1.165) is 23.3 Å². The lowest BCUT2D eigenvalue weighted by atomic mass is 9.87. The van der Waals surface area contributed by atoms with Crippen LogP contribution in [0.25, 0.3) is 0 Å². The molecule has 114 valence electrons. The van der Waals surface area contributed by atoms with E-state index in [2.05, 4.69) is 54.2 Å². The van der Waals surface area contributed by atoms with Crippen LogP contribution in [0.2, 0.25) is 0 Å². The Labute approximate surface area is 132 Å². The van der Waals surface area contributed by atoms with Gasteiger partial charge in [0.1, 0.15) is 5.75 Å². The van der Waals surface area contributed by atoms with Crippen molar-refractivity contribution in [3.8, 4) is 5.75 Å². The molecule has 0 aliphatic carbocycles. The second kappa shape index (κ2) is 8.68.